The van der Waals surface area contributed by atoms with Crippen LogP contribution in [-0.2, 0) is 14.3 Å². The molecule has 136 valence electrons. The van der Waals surface area contributed by atoms with Crippen LogP contribution in [-0.4, -0.2) is 30.5 Å². The Labute approximate surface area is 153 Å². The zero-order valence-electron chi connectivity index (χ0n) is 14.1. The number of nitrogens with one attached hydrogen (secondary N) is 1. The van der Waals surface area contributed by atoms with Crippen LogP contribution in [0.15, 0.2) is 35.7 Å². The van der Waals surface area contributed by atoms with Gasteiger partial charge in [0.05, 0.1) is 18.1 Å². The number of nitro groups is 1. The third-order valence-electron chi connectivity index (χ3n) is 3.29. The summed E-state index contributed by atoms with van der Waals surface area (Å²) in [6.45, 7) is 1.35. The number of nitrogens with zero attached hydrogens (tertiary/aromatic N) is 1. The summed E-state index contributed by atoms with van der Waals surface area (Å²) in [5.74, 6) is -1.08. The lowest BCUT2D eigenvalue weighted by atomic mass is 10.2. The lowest BCUT2D eigenvalue weighted by molar-refractivity contribution is -0.384. The van der Waals surface area contributed by atoms with Crippen molar-refractivity contribution in [1.82, 2.24) is 0 Å². The Balaban J connectivity index is 1.93. The maximum absolute atomic E-state index is 11.9. The second-order valence-electron chi connectivity index (χ2n) is 5.10. The minimum atomic E-state index is -0.688. The number of ether oxygens (including phenoxy) is 2. The molecule has 0 aliphatic heterocycles. The quantitative estimate of drug-likeness (QED) is 0.344. The largest absolute Gasteiger partial charge is 0.496 e. The SMILES string of the molecule is COc1ccc(NC(=O)COC(=O)/C=C/c2sccc2C)c([N+](=O)[O-])c1. The van der Waals surface area contributed by atoms with E-state index in [9.17, 15) is 19.7 Å². The maximum Gasteiger partial charge on any atom is 0.331 e. The zero-order chi connectivity index (χ0) is 19.1. The number of hydrogen-bond acceptors (Lipinski definition) is 7. The lowest BCUT2D eigenvalue weighted by Gasteiger charge is -2.07. The summed E-state index contributed by atoms with van der Waals surface area (Å²) in [4.78, 5) is 34.9. The average Bonchev–Trinajstić information content (AvgIpc) is 3.03. The van der Waals surface area contributed by atoms with Gasteiger partial charge in [-0.05, 0) is 42.1 Å². The molecule has 2 rings (SSSR count). The summed E-state index contributed by atoms with van der Waals surface area (Å²) in [6.07, 6.45) is 2.83. The third-order valence-corrected chi connectivity index (χ3v) is 4.28. The molecule has 1 aromatic carbocycles. The van der Waals surface area contributed by atoms with Crippen molar-refractivity contribution in [3.8, 4) is 5.75 Å². The van der Waals surface area contributed by atoms with Gasteiger partial charge in [-0.3, -0.25) is 14.9 Å². The molecule has 1 N–H and O–H groups in total. The first-order valence-corrected chi connectivity index (χ1v) is 8.30. The molecule has 2 aromatic rings. The molecule has 0 unspecified atom stereocenters. The van der Waals surface area contributed by atoms with Gasteiger partial charge < -0.3 is 14.8 Å². The summed E-state index contributed by atoms with van der Waals surface area (Å²) in [6, 6.07) is 5.93. The standard InChI is InChI=1S/C17H16N2O6S/c1-11-7-8-26-15(11)5-6-17(21)25-10-16(20)18-13-4-3-12(24-2)9-14(13)19(22)23/h3-9H,10H2,1-2H3,(H,18,20)/b6-5+. The smallest absolute Gasteiger partial charge is 0.331 e. The van der Waals surface area contributed by atoms with Crippen molar-refractivity contribution >= 4 is 40.7 Å². The highest BCUT2D eigenvalue weighted by molar-refractivity contribution is 7.11. The molecule has 9 heteroatoms. The molecule has 0 aliphatic carbocycles. The number of esters is 1. The fourth-order valence-electron chi connectivity index (χ4n) is 1.97. The number of thiophene rings is 1. The molecule has 1 aromatic heterocycles. The number of aryl methyl sites for hydroxylation is 1. The van der Waals surface area contributed by atoms with Gasteiger partial charge >= 0.3 is 5.97 Å². The Kier molecular flexibility index (Phi) is 6.45. The molecule has 0 saturated carbocycles. The van der Waals surface area contributed by atoms with Crippen LogP contribution >= 0.6 is 11.3 Å². The van der Waals surface area contributed by atoms with Crippen molar-refractivity contribution in [2.24, 2.45) is 0 Å². The van der Waals surface area contributed by atoms with Gasteiger partial charge in [-0.15, -0.1) is 11.3 Å². The van der Waals surface area contributed by atoms with E-state index in [0.29, 0.717) is 0 Å². The van der Waals surface area contributed by atoms with Crippen LogP contribution in [0.3, 0.4) is 0 Å². The van der Waals surface area contributed by atoms with Gasteiger partial charge in [0.25, 0.3) is 11.6 Å². The fraction of sp³-hybridized carbons (Fsp3) is 0.176. The number of anilines is 1. The van der Waals surface area contributed by atoms with Crippen LogP contribution in [0.1, 0.15) is 10.4 Å². The molecular formula is C17H16N2O6S. The topological polar surface area (TPSA) is 108 Å². The van der Waals surface area contributed by atoms with Crippen molar-refractivity contribution in [1.29, 1.82) is 0 Å². The van der Waals surface area contributed by atoms with Gasteiger partial charge in [0.15, 0.2) is 6.61 Å². The van der Waals surface area contributed by atoms with E-state index in [1.165, 1.54) is 42.7 Å². The number of rotatable bonds is 7. The van der Waals surface area contributed by atoms with Crippen molar-refractivity contribution in [2.75, 3.05) is 19.0 Å². The maximum atomic E-state index is 11.9. The molecule has 0 saturated heterocycles. The van der Waals surface area contributed by atoms with E-state index in [2.05, 4.69) is 5.32 Å². The molecule has 0 aliphatic rings. The molecule has 0 atom stereocenters. The van der Waals surface area contributed by atoms with Gasteiger partial charge in [-0.2, -0.15) is 0 Å². The Morgan fingerprint density at radius 2 is 2.12 bits per heavy atom. The number of carbonyl (C=O) groups excluding carboxylic acids is 2. The van der Waals surface area contributed by atoms with Crippen molar-refractivity contribution in [3.63, 3.8) is 0 Å². The predicted molar refractivity (Wildman–Crippen MR) is 97.3 cm³/mol. The van der Waals surface area contributed by atoms with Crippen LogP contribution in [0.5, 0.6) is 5.75 Å². The fourth-order valence-corrected chi connectivity index (χ4v) is 2.78. The Morgan fingerprint density at radius 3 is 2.73 bits per heavy atom. The summed E-state index contributed by atoms with van der Waals surface area (Å²) in [7, 11) is 1.38. The van der Waals surface area contributed by atoms with Crippen LogP contribution in [0.2, 0.25) is 0 Å². The van der Waals surface area contributed by atoms with Gasteiger partial charge in [0.2, 0.25) is 0 Å². The number of methoxy groups -OCH3 is 1. The first-order valence-electron chi connectivity index (χ1n) is 7.42. The summed E-state index contributed by atoms with van der Waals surface area (Å²) in [5, 5.41) is 15.3. The van der Waals surface area contributed by atoms with Gasteiger partial charge in [-0.25, -0.2) is 4.79 Å². The lowest BCUT2D eigenvalue weighted by Crippen LogP contribution is -2.20. The second-order valence-corrected chi connectivity index (χ2v) is 6.04. The normalized spacial score (nSPS) is 10.5. The Bertz CT molecular complexity index is 859. The van der Waals surface area contributed by atoms with Crippen LogP contribution in [0, 0.1) is 17.0 Å². The second kappa shape index (κ2) is 8.77. The minimum Gasteiger partial charge on any atom is -0.496 e. The monoisotopic (exact) mass is 376 g/mol. The van der Waals surface area contributed by atoms with Crippen molar-refractivity contribution < 1.29 is 24.0 Å². The number of amides is 1. The van der Waals surface area contributed by atoms with E-state index in [1.54, 1.807) is 6.08 Å². The summed E-state index contributed by atoms with van der Waals surface area (Å²) >= 11 is 1.48. The van der Waals surface area contributed by atoms with Crippen molar-refractivity contribution in [3.05, 3.63) is 56.3 Å². The number of carbonyl (C=O) groups is 2. The molecule has 0 radical (unpaired) electrons. The number of hydrogen-bond donors (Lipinski definition) is 1. The average molecular weight is 376 g/mol. The van der Waals surface area contributed by atoms with E-state index in [0.717, 1.165) is 10.4 Å². The third kappa shape index (κ3) is 5.15. The van der Waals surface area contributed by atoms with E-state index in [1.807, 2.05) is 18.4 Å². The van der Waals surface area contributed by atoms with Crippen molar-refractivity contribution in [2.45, 2.75) is 6.92 Å². The zero-order valence-corrected chi connectivity index (χ0v) is 14.9. The summed E-state index contributed by atoms with van der Waals surface area (Å²) in [5.41, 5.74) is 0.697. The van der Waals surface area contributed by atoms with Crippen LogP contribution in [0.25, 0.3) is 6.08 Å². The molecule has 0 bridgehead atoms. The number of nitro benzene ring substituents is 1. The molecule has 26 heavy (non-hydrogen) atoms. The highest BCUT2D eigenvalue weighted by Crippen LogP contribution is 2.28. The molecular weight excluding hydrogens is 360 g/mol. The highest BCUT2D eigenvalue weighted by Gasteiger charge is 2.17. The van der Waals surface area contributed by atoms with Gasteiger partial charge in [0, 0.05) is 11.0 Å². The van der Waals surface area contributed by atoms with Crippen LogP contribution in [0.4, 0.5) is 11.4 Å². The Hall–Kier alpha value is -3.20. The van der Waals surface area contributed by atoms with E-state index in [-0.39, 0.29) is 17.1 Å². The predicted octanol–water partition coefficient (Wildman–Crippen LogP) is 3.17. The van der Waals surface area contributed by atoms with E-state index >= 15 is 0 Å². The van der Waals surface area contributed by atoms with E-state index in [4.69, 9.17) is 9.47 Å². The first kappa shape index (κ1) is 19.1. The highest BCUT2D eigenvalue weighted by atomic mass is 32.1. The Morgan fingerprint density at radius 1 is 1.35 bits per heavy atom. The molecule has 1 amide bonds. The molecule has 0 spiro atoms. The minimum absolute atomic E-state index is 0.0124. The molecule has 1 heterocycles. The number of benzene rings is 1. The van der Waals surface area contributed by atoms with E-state index < -0.39 is 23.4 Å². The van der Waals surface area contributed by atoms with Gasteiger partial charge in [-0.1, -0.05) is 0 Å². The van der Waals surface area contributed by atoms with Gasteiger partial charge in [0.1, 0.15) is 11.4 Å². The van der Waals surface area contributed by atoms with Crippen LogP contribution < -0.4 is 10.1 Å². The summed E-state index contributed by atoms with van der Waals surface area (Å²) < 4.78 is 9.75. The molecule has 8 nitrogen and oxygen atoms in total. The first-order chi connectivity index (χ1) is 12.4. The molecule has 0 fully saturated rings.